The summed E-state index contributed by atoms with van der Waals surface area (Å²) in [5.74, 6) is -1.08. The molecule has 4 aromatic rings. The lowest BCUT2D eigenvalue weighted by Gasteiger charge is -2.06. The lowest BCUT2D eigenvalue weighted by atomic mass is 10.1. The van der Waals surface area contributed by atoms with E-state index in [9.17, 15) is 14.3 Å². The second-order valence-electron chi connectivity index (χ2n) is 8.27. The maximum absolute atomic E-state index is 14.4. The smallest absolute Gasteiger partial charge is 0.344 e. The van der Waals surface area contributed by atoms with E-state index in [1.807, 2.05) is 71.4 Å². The van der Waals surface area contributed by atoms with Gasteiger partial charge in [0, 0.05) is 32.7 Å². The van der Waals surface area contributed by atoms with Gasteiger partial charge in [0.1, 0.15) is 22.2 Å². The molecular formula is C29H22BrFN2O3S. The fourth-order valence-electron chi connectivity index (χ4n) is 4.11. The molecule has 0 radical (unpaired) electrons. The summed E-state index contributed by atoms with van der Waals surface area (Å²) in [5, 5.41) is 12.4. The van der Waals surface area contributed by atoms with E-state index in [4.69, 9.17) is 4.74 Å². The van der Waals surface area contributed by atoms with Crippen molar-refractivity contribution in [1.29, 1.82) is 0 Å². The average Bonchev–Trinajstić information content (AvgIpc) is 3.37. The predicted octanol–water partition coefficient (Wildman–Crippen LogP) is 7.78. The van der Waals surface area contributed by atoms with Crippen LogP contribution in [0.5, 0.6) is 0 Å². The highest BCUT2D eigenvalue weighted by Gasteiger charge is 2.33. The van der Waals surface area contributed by atoms with Crippen LogP contribution in [0, 0.1) is 5.82 Å². The molecular weight excluding hydrogens is 555 g/mol. The van der Waals surface area contributed by atoms with Crippen molar-refractivity contribution in [3.8, 4) is 0 Å². The van der Waals surface area contributed by atoms with Gasteiger partial charge in [0.25, 0.3) is 0 Å². The van der Waals surface area contributed by atoms with Gasteiger partial charge in [0.05, 0.1) is 23.7 Å². The Morgan fingerprint density at radius 2 is 1.89 bits per heavy atom. The van der Waals surface area contributed by atoms with Crippen LogP contribution in [0.15, 0.2) is 105 Å². The zero-order valence-electron chi connectivity index (χ0n) is 19.8. The molecule has 1 aliphatic heterocycles. The Morgan fingerprint density at radius 3 is 2.65 bits per heavy atom. The molecule has 0 fully saturated rings. The van der Waals surface area contributed by atoms with Crippen LogP contribution in [-0.2, 0) is 16.1 Å². The molecule has 8 heteroatoms. The number of carbonyl (C=O) groups is 1. The van der Waals surface area contributed by atoms with Crippen molar-refractivity contribution in [3.63, 3.8) is 0 Å². The molecule has 0 saturated heterocycles. The van der Waals surface area contributed by atoms with Crippen molar-refractivity contribution < 1.29 is 19.0 Å². The van der Waals surface area contributed by atoms with Gasteiger partial charge in [-0.15, -0.1) is 0 Å². The number of para-hydroxylation sites is 1. The number of ether oxygens (including phenoxy) is 1. The molecule has 0 amide bonds. The first kappa shape index (κ1) is 25.0. The van der Waals surface area contributed by atoms with Crippen LogP contribution in [0.2, 0.25) is 0 Å². The van der Waals surface area contributed by atoms with Crippen LogP contribution >= 0.6 is 27.7 Å². The van der Waals surface area contributed by atoms with Gasteiger partial charge in [0.15, 0.2) is 0 Å². The summed E-state index contributed by atoms with van der Waals surface area (Å²) in [5.41, 5.74) is 2.99. The number of benzene rings is 3. The number of thioether (sulfide) groups is 1. The highest BCUT2D eigenvalue weighted by atomic mass is 79.9. The quantitative estimate of drug-likeness (QED) is 0.238. The molecule has 0 atom stereocenters. The third-order valence-electron chi connectivity index (χ3n) is 5.82. The van der Waals surface area contributed by atoms with Gasteiger partial charge >= 0.3 is 5.97 Å². The number of fused-ring (bicyclic) bond motifs is 1. The maximum Gasteiger partial charge on any atom is 0.344 e. The summed E-state index contributed by atoms with van der Waals surface area (Å²) in [4.78, 5) is 17.8. The van der Waals surface area contributed by atoms with Crippen LogP contribution in [0.1, 0.15) is 18.1 Å². The number of carbonyl (C=O) groups excluding carboxylic acids is 1. The summed E-state index contributed by atoms with van der Waals surface area (Å²) < 4.78 is 22.5. The highest BCUT2D eigenvalue weighted by molar-refractivity contribution is 9.10. The highest BCUT2D eigenvalue weighted by Crippen LogP contribution is 2.41. The third-order valence-corrected chi connectivity index (χ3v) is 7.33. The Hall–Kier alpha value is -3.62. The largest absolute Gasteiger partial charge is 0.506 e. The zero-order chi connectivity index (χ0) is 25.9. The molecule has 37 heavy (non-hydrogen) atoms. The van der Waals surface area contributed by atoms with Crippen LogP contribution in [0.25, 0.3) is 17.0 Å². The molecule has 0 aliphatic carbocycles. The lowest BCUT2D eigenvalue weighted by Crippen LogP contribution is -2.12. The molecule has 186 valence electrons. The monoisotopic (exact) mass is 576 g/mol. The standard InChI is InChI=1S/C29H22BrFN2O3S/c1-2-36-29(35)26-27(34)25(37-28(26)32-21-9-4-3-5-10-21)14-19-17-33(16-18-8-6-7-11-23(18)31)24-13-12-20(30)15-22(19)24/h3-15,17,34H,2,16H2,1H3/b25-14-,32-28?. The number of aliphatic hydroxyl groups is 1. The third kappa shape index (κ3) is 5.26. The van der Waals surface area contributed by atoms with E-state index in [1.54, 1.807) is 19.1 Å². The van der Waals surface area contributed by atoms with Crippen molar-refractivity contribution in [1.82, 2.24) is 4.57 Å². The Balaban J connectivity index is 1.60. The number of hydrogen-bond donors (Lipinski definition) is 1. The molecule has 3 aromatic carbocycles. The molecule has 1 aliphatic rings. The minimum Gasteiger partial charge on any atom is -0.506 e. The molecule has 0 spiro atoms. The average molecular weight is 577 g/mol. The van der Waals surface area contributed by atoms with Crippen molar-refractivity contribution in [2.45, 2.75) is 13.5 Å². The van der Waals surface area contributed by atoms with E-state index in [-0.39, 0.29) is 23.8 Å². The second-order valence-corrected chi connectivity index (χ2v) is 10.2. The molecule has 2 heterocycles. The van der Waals surface area contributed by atoms with E-state index < -0.39 is 5.97 Å². The summed E-state index contributed by atoms with van der Waals surface area (Å²) in [6.45, 7) is 2.23. The molecule has 1 N–H and O–H groups in total. The van der Waals surface area contributed by atoms with Crippen molar-refractivity contribution in [3.05, 3.63) is 117 Å². The van der Waals surface area contributed by atoms with E-state index in [0.717, 1.165) is 20.9 Å². The van der Waals surface area contributed by atoms with Crippen molar-refractivity contribution in [2.75, 3.05) is 6.61 Å². The first-order chi connectivity index (χ1) is 17.9. The molecule has 5 rings (SSSR count). The normalized spacial score (nSPS) is 15.8. The Labute approximate surface area is 226 Å². The number of aliphatic imine (C=N–C) groups is 1. The van der Waals surface area contributed by atoms with Crippen molar-refractivity contribution in [2.24, 2.45) is 4.99 Å². The fraction of sp³-hybridized carbons (Fsp3) is 0.103. The lowest BCUT2D eigenvalue weighted by molar-refractivity contribution is -0.138. The predicted molar refractivity (Wildman–Crippen MR) is 151 cm³/mol. The van der Waals surface area contributed by atoms with Gasteiger partial charge in [-0.05, 0) is 49.4 Å². The number of aliphatic hydroxyl groups excluding tert-OH is 1. The number of hydrogen-bond acceptors (Lipinski definition) is 5. The first-order valence-electron chi connectivity index (χ1n) is 11.6. The summed E-state index contributed by atoms with van der Waals surface area (Å²) >= 11 is 4.74. The van der Waals surface area contributed by atoms with Gasteiger partial charge in [-0.2, -0.15) is 0 Å². The summed E-state index contributed by atoms with van der Waals surface area (Å²) in [6, 6.07) is 21.8. The molecule has 0 bridgehead atoms. The van der Waals surface area contributed by atoms with E-state index in [1.165, 1.54) is 17.8 Å². The van der Waals surface area contributed by atoms with Crippen molar-refractivity contribution >= 4 is 61.4 Å². The first-order valence-corrected chi connectivity index (χ1v) is 13.2. The Morgan fingerprint density at radius 1 is 1.14 bits per heavy atom. The van der Waals surface area contributed by atoms with Crippen LogP contribution in [-0.4, -0.2) is 27.3 Å². The SMILES string of the molecule is CCOC(=O)C1=C(O)/C(=C/c2cn(Cc3ccccc3F)c3ccc(Br)cc23)SC1=Nc1ccccc1. The van der Waals surface area contributed by atoms with Gasteiger partial charge in [-0.3, -0.25) is 0 Å². The van der Waals surface area contributed by atoms with Crippen LogP contribution in [0.3, 0.4) is 0 Å². The van der Waals surface area contributed by atoms with E-state index in [2.05, 4.69) is 20.9 Å². The zero-order valence-corrected chi connectivity index (χ0v) is 22.2. The van der Waals surface area contributed by atoms with Gasteiger partial charge in [-0.1, -0.05) is 64.1 Å². The molecule has 0 saturated carbocycles. The summed E-state index contributed by atoms with van der Waals surface area (Å²) in [7, 11) is 0. The number of halogens is 2. The minimum atomic E-state index is -0.629. The molecule has 0 unspecified atom stereocenters. The number of nitrogens with zero attached hydrogens (tertiary/aromatic N) is 2. The van der Waals surface area contributed by atoms with Gasteiger partial charge in [-0.25, -0.2) is 14.2 Å². The number of rotatable bonds is 6. The van der Waals surface area contributed by atoms with Crippen LogP contribution in [0.4, 0.5) is 10.1 Å². The number of aromatic nitrogens is 1. The van der Waals surface area contributed by atoms with Gasteiger partial charge in [0.2, 0.25) is 0 Å². The van der Waals surface area contributed by atoms with E-state index in [0.29, 0.717) is 27.7 Å². The fourth-order valence-corrected chi connectivity index (χ4v) is 5.49. The Kier molecular flexibility index (Phi) is 7.30. The number of esters is 1. The molecule has 5 nitrogen and oxygen atoms in total. The summed E-state index contributed by atoms with van der Waals surface area (Å²) in [6.07, 6.45) is 3.74. The Bertz CT molecular complexity index is 1590. The maximum atomic E-state index is 14.4. The van der Waals surface area contributed by atoms with Crippen LogP contribution < -0.4 is 0 Å². The topological polar surface area (TPSA) is 63.8 Å². The molecule has 1 aromatic heterocycles. The minimum absolute atomic E-state index is 0.0400. The second kappa shape index (κ2) is 10.8. The van der Waals surface area contributed by atoms with E-state index >= 15 is 0 Å². The van der Waals surface area contributed by atoms with Gasteiger partial charge < -0.3 is 14.4 Å².